The van der Waals surface area contributed by atoms with Crippen LogP contribution in [0.3, 0.4) is 0 Å². The maximum atomic E-state index is 12.2. The van der Waals surface area contributed by atoms with E-state index in [0.717, 1.165) is 5.56 Å². The van der Waals surface area contributed by atoms with Crippen LogP contribution in [0.4, 0.5) is 5.82 Å². The van der Waals surface area contributed by atoms with Crippen LogP contribution < -0.4 is 5.32 Å². The van der Waals surface area contributed by atoms with Gasteiger partial charge in [0.1, 0.15) is 5.82 Å². The smallest absolute Gasteiger partial charge is 0.256 e. The lowest BCUT2D eigenvalue weighted by atomic mass is 10.2. The van der Waals surface area contributed by atoms with E-state index in [1.165, 1.54) is 0 Å². The zero-order valence-electron chi connectivity index (χ0n) is 11.4. The molecule has 0 saturated carbocycles. The number of hydrogen-bond acceptors (Lipinski definition) is 2. The van der Waals surface area contributed by atoms with E-state index in [-0.39, 0.29) is 5.91 Å². The lowest BCUT2D eigenvalue weighted by Gasteiger charge is -2.09. The summed E-state index contributed by atoms with van der Waals surface area (Å²) in [6, 6.07) is 21.0. The van der Waals surface area contributed by atoms with Gasteiger partial charge in [-0.15, -0.1) is 0 Å². The molecule has 3 rings (SSSR count). The van der Waals surface area contributed by atoms with Gasteiger partial charge in [-0.3, -0.25) is 4.79 Å². The molecule has 0 fully saturated rings. The van der Waals surface area contributed by atoms with Gasteiger partial charge in [0, 0.05) is 11.6 Å². The van der Waals surface area contributed by atoms with E-state index in [1.807, 2.05) is 48.5 Å². The first-order chi connectivity index (χ1) is 10.3. The van der Waals surface area contributed by atoms with Crippen molar-refractivity contribution in [3.63, 3.8) is 0 Å². The lowest BCUT2D eigenvalue weighted by molar-refractivity contribution is 0.102. The van der Waals surface area contributed by atoms with Gasteiger partial charge in [-0.1, -0.05) is 48.5 Å². The maximum Gasteiger partial charge on any atom is 0.256 e. The molecule has 0 radical (unpaired) electrons. The summed E-state index contributed by atoms with van der Waals surface area (Å²) in [5.74, 6) is 0.554. The fourth-order valence-corrected chi connectivity index (χ4v) is 2.10. The second-order valence-electron chi connectivity index (χ2n) is 4.68. The van der Waals surface area contributed by atoms with Crippen LogP contribution in [0.2, 0.25) is 0 Å². The van der Waals surface area contributed by atoms with Crippen LogP contribution in [0.25, 0.3) is 0 Å². The molecule has 0 aliphatic rings. The molecule has 1 amide bonds. The molecule has 21 heavy (non-hydrogen) atoms. The molecule has 0 aliphatic heterocycles. The molecule has 0 spiro atoms. The second kappa shape index (κ2) is 6.05. The van der Waals surface area contributed by atoms with E-state index in [9.17, 15) is 4.79 Å². The van der Waals surface area contributed by atoms with Crippen molar-refractivity contribution < 1.29 is 4.79 Å². The van der Waals surface area contributed by atoms with E-state index in [0.29, 0.717) is 17.9 Å². The Morgan fingerprint density at radius 2 is 1.62 bits per heavy atom. The van der Waals surface area contributed by atoms with Gasteiger partial charge < -0.3 is 5.32 Å². The SMILES string of the molecule is O=C(Nc1ccnn1Cc1ccccc1)c1ccccc1. The Balaban J connectivity index is 1.75. The Hall–Kier alpha value is -2.88. The normalized spacial score (nSPS) is 10.3. The predicted octanol–water partition coefficient (Wildman–Crippen LogP) is 3.18. The number of hydrogen-bond donors (Lipinski definition) is 1. The minimum absolute atomic E-state index is 0.134. The predicted molar refractivity (Wildman–Crippen MR) is 82.2 cm³/mol. The highest BCUT2D eigenvalue weighted by molar-refractivity contribution is 6.03. The Morgan fingerprint density at radius 1 is 0.952 bits per heavy atom. The zero-order chi connectivity index (χ0) is 14.5. The zero-order valence-corrected chi connectivity index (χ0v) is 11.4. The van der Waals surface area contributed by atoms with E-state index in [2.05, 4.69) is 10.4 Å². The highest BCUT2D eigenvalue weighted by Gasteiger charge is 2.09. The van der Waals surface area contributed by atoms with Crippen molar-refractivity contribution in [2.75, 3.05) is 5.32 Å². The number of amides is 1. The van der Waals surface area contributed by atoms with Crippen LogP contribution in [-0.4, -0.2) is 15.7 Å². The molecule has 0 saturated heterocycles. The molecule has 0 atom stereocenters. The van der Waals surface area contributed by atoms with Crippen molar-refractivity contribution in [3.8, 4) is 0 Å². The van der Waals surface area contributed by atoms with Gasteiger partial charge in [0.25, 0.3) is 5.91 Å². The molecule has 4 nitrogen and oxygen atoms in total. The molecular weight excluding hydrogens is 262 g/mol. The third-order valence-electron chi connectivity index (χ3n) is 3.17. The molecule has 0 aliphatic carbocycles. The van der Waals surface area contributed by atoms with Crippen molar-refractivity contribution in [1.29, 1.82) is 0 Å². The Kier molecular flexibility index (Phi) is 3.78. The van der Waals surface area contributed by atoms with Crippen molar-refractivity contribution in [1.82, 2.24) is 9.78 Å². The number of aromatic nitrogens is 2. The molecule has 2 aromatic carbocycles. The fraction of sp³-hybridized carbons (Fsp3) is 0.0588. The fourth-order valence-electron chi connectivity index (χ4n) is 2.10. The highest BCUT2D eigenvalue weighted by Crippen LogP contribution is 2.11. The number of benzene rings is 2. The minimum Gasteiger partial charge on any atom is -0.307 e. The summed E-state index contributed by atoms with van der Waals surface area (Å²) < 4.78 is 1.77. The monoisotopic (exact) mass is 277 g/mol. The van der Waals surface area contributed by atoms with Crippen molar-refractivity contribution in [2.24, 2.45) is 0 Å². The van der Waals surface area contributed by atoms with Crippen molar-refractivity contribution in [3.05, 3.63) is 84.1 Å². The number of nitrogens with one attached hydrogen (secondary N) is 1. The number of nitrogens with zero attached hydrogens (tertiary/aromatic N) is 2. The van der Waals surface area contributed by atoms with Gasteiger partial charge in [-0.25, -0.2) is 4.68 Å². The van der Waals surface area contributed by atoms with Crippen LogP contribution >= 0.6 is 0 Å². The summed E-state index contributed by atoms with van der Waals surface area (Å²) in [4.78, 5) is 12.2. The van der Waals surface area contributed by atoms with Crippen LogP contribution in [-0.2, 0) is 6.54 Å². The molecule has 1 aromatic heterocycles. The van der Waals surface area contributed by atoms with E-state index in [1.54, 1.807) is 29.1 Å². The van der Waals surface area contributed by atoms with E-state index in [4.69, 9.17) is 0 Å². The Labute approximate surface area is 123 Å². The molecule has 104 valence electrons. The van der Waals surface area contributed by atoms with Gasteiger partial charge >= 0.3 is 0 Å². The molecule has 0 unspecified atom stereocenters. The van der Waals surface area contributed by atoms with Crippen LogP contribution in [0, 0.1) is 0 Å². The third-order valence-corrected chi connectivity index (χ3v) is 3.17. The van der Waals surface area contributed by atoms with Gasteiger partial charge in [-0.05, 0) is 17.7 Å². The summed E-state index contributed by atoms with van der Waals surface area (Å²) >= 11 is 0. The highest BCUT2D eigenvalue weighted by atomic mass is 16.1. The summed E-state index contributed by atoms with van der Waals surface area (Å²) in [5, 5.41) is 7.15. The summed E-state index contributed by atoms with van der Waals surface area (Å²) in [5.41, 5.74) is 1.77. The van der Waals surface area contributed by atoms with Crippen LogP contribution in [0.5, 0.6) is 0 Å². The van der Waals surface area contributed by atoms with Crippen molar-refractivity contribution in [2.45, 2.75) is 6.54 Å². The average molecular weight is 277 g/mol. The number of anilines is 1. The van der Waals surface area contributed by atoms with Crippen LogP contribution in [0.1, 0.15) is 15.9 Å². The first-order valence-corrected chi connectivity index (χ1v) is 6.75. The molecular formula is C17H15N3O. The number of rotatable bonds is 4. The largest absolute Gasteiger partial charge is 0.307 e. The molecule has 0 bridgehead atoms. The van der Waals surface area contributed by atoms with E-state index >= 15 is 0 Å². The Morgan fingerprint density at radius 3 is 2.33 bits per heavy atom. The quantitative estimate of drug-likeness (QED) is 0.796. The van der Waals surface area contributed by atoms with Crippen molar-refractivity contribution >= 4 is 11.7 Å². The van der Waals surface area contributed by atoms with Gasteiger partial charge in [0.15, 0.2) is 0 Å². The lowest BCUT2D eigenvalue weighted by Crippen LogP contribution is -2.16. The van der Waals surface area contributed by atoms with Gasteiger partial charge in [0.2, 0.25) is 0 Å². The summed E-state index contributed by atoms with van der Waals surface area (Å²) in [6.07, 6.45) is 1.68. The second-order valence-corrected chi connectivity index (χ2v) is 4.68. The molecule has 3 aromatic rings. The Bertz CT molecular complexity index is 720. The van der Waals surface area contributed by atoms with Crippen LogP contribution in [0.15, 0.2) is 72.9 Å². The minimum atomic E-state index is -0.134. The molecule has 1 heterocycles. The van der Waals surface area contributed by atoms with E-state index < -0.39 is 0 Å². The third kappa shape index (κ3) is 3.17. The standard InChI is InChI=1S/C17H15N3O/c21-17(15-9-5-2-6-10-15)19-16-11-12-18-20(16)13-14-7-3-1-4-8-14/h1-12H,13H2,(H,19,21). The maximum absolute atomic E-state index is 12.2. The number of carbonyl (C=O) groups excluding carboxylic acids is 1. The number of carbonyl (C=O) groups is 1. The topological polar surface area (TPSA) is 46.9 Å². The first-order valence-electron chi connectivity index (χ1n) is 6.75. The first kappa shape index (κ1) is 13.1. The molecule has 4 heteroatoms. The summed E-state index contributed by atoms with van der Waals surface area (Å²) in [6.45, 7) is 0.623. The molecule has 1 N–H and O–H groups in total. The summed E-state index contributed by atoms with van der Waals surface area (Å²) in [7, 11) is 0. The average Bonchev–Trinajstić information content (AvgIpc) is 2.96. The van der Waals surface area contributed by atoms with Gasteiger partial charge in [-0.2, -0.15) is 5.10 Å². The van der Waals surface area contributed by atoms with Gasteiger partial charge in [0.05, 0.1) is 12.7 Å².